The molecule has 6 heteroatoms. The average Bonchev–Trinajstić information content (AvgIpc) is 3.05. The minimum Gasteiger partial charge on any atom is -0.486 e. The molecule has 6 nitrogen and oxygen atoms in total. The lowest BCUT2D eigenvalue weighted by Crippen LogP contribution is -2.27. The van der Waals surface area contributed by atoms with Crippen LogP contribution >= 0.6 is 0 Å². The molecule has 2 aromatic carbocycles. The van der Waals surface area contributed by atoms with Gasteiger partial charge in [-0.3, -0.25) is 9.89 Å². The van der Waals surface area contributed by atoms with E-state index in [1.165, 1.54) is 0 Å². The van der Waals surface area contributed by atoms with Crippen LogP contribution in [0.3, 0.4) is 0 Å². The average molecular weight is 323 g/mol. The molecule has 24 heavy (non-hydrogen) atoms. The number of hydrogen-bond donors (Lipinski definition) is 2. The van der Waals surface area contributed by atoms with Crippen molar-refractivity contribution >= 4 is 16.8 Å². The van der Waals surface area contributed by atoms with Crippen LogP contribution in [0.2, 0.25) is 0 Å². The van der Waals surface area contributed by atoms with Crippen molar-refractivity contribution in [3.63, 3.8) is 0 Å². The van der Waals surface area contributed by atoms with Crippen molar-refractivity contribution < 1.29 is 14.3 Å². The molecule has 0 fully saturated rings. The number of aromatic nitrogens is 2. The van der Waals surface area contributed by atoms with Crippen molar-refractivity contribution in [1.29, 1.82) is 0 Å². The number of hydrogen-bond acceptors (Lipinski definition) is 4. The van der Waals surface area contributed by atoms with Crippen LogP contribution < -0.4 is 14.8 Å². The third-order valence-corrected chi connectivity index (χ3v) is 4.10. The summed E-state index contributed by atoms with van der Waals surface area (Å²) in [7, 11) is 0. The zero-order valence-corrected chi connectivity index (χ0v) is 13.2. The summed E-state index contributed by atoms with van der Waals surface area (Å²) in [6.45, 7) is 3.03. The van der Waals surface area contributed by atoms with Gasteiger partial charge in [-0.1, -0.05) is 24.3 Å². The van der Waals surface area contributed by atoms with Gasteiger partial charge in [0.05, 0.1) is 11.6 Å². The van der Waals surface area contributed by atoms with Gasteiger partial charge in [0.15, 0.2) is 17.2 Å². The predicted octanol–water partition coefficient (Wildman–Crippen LogP) is 2.83. The number of carbonyl (C=O) groups is 1. The van der Waals surface area contributed by atoms with Crippen LogP contribution in [0, 0.1) is 0 Å². The van der Waals surface area contributed by atoms with E-state index in [9.17, 15) is 4.79 Å². The Morgan fingerprint density at radius 3 is 2.83 bits per heavy atom. The van der Waals surface area contributed by atoms with E-state index in [1.807, 2.05) is 49.4 Å². The molecule has 2 N–H and O–H groups in total. The molecule has 0 saturated heterocycles. The molecular weight excluding hydrogens is 306 g/mol. The highest BCUT2D eigenvalue weighted by Gasteiger charge is 2.19. The number of aromatic amines is 1. The highest BCUT2D eigenvalue weighted by molar-refractivity contribution is 6.04. The maximum absolute atomic E-state index is 12.5. The van der Waals surface area contributed by atoms with E-state index in [0.717, 1.165) is 22.2 Å². The summed E-state index contributed by atoms with van der Waals surface area (Å²) in [5.74, 6) is 1.24. The number of H-pyrrole nitrogens is 1. The van der Waals surface area contributed by atoms with Crippen LogP contribution in [0.25, 0.3) is 10.9 Å². The molecule has 1 amide bonds. The number of benzene rings is 2. The SMILES string of the molecule is CC(NC(=O)c1n[nH]c2ccccc12)c1ccc2c(c1)OCCO2. The van der Waals surface area contributed by atoms with E-state index < -0.39 is 0 Å². The first-order chi connectivity index (χ1) is 11.7. The summed E-state index contributed by atoms with van der Waals surface area (Å²) in [6, 6.07) is 13.1. The number of amides is 1. The van der Waals surface area contributed by atoms with Gasteiger partial charge in [0.25, 0.3) is 5.91 Å². The van der Waals surface area contributed by atoms with Crippen molar-refractivity contribution in [3.8, 4) is 11.5 Å². The number of carbonyl (C=O) groups excluding carboxylic acids is 1. The first-order valence-corrected chi connectivity index (χ1v) is 7.86. The number of para-hydroxylation sites is 1. The van der Waals surface area contributed by atoms with Crippen LogP contribution in [0.4, 0.5) is 0 Å². The molecule has 1 aromatic heterocycles. The Hall–Kier alpha value is -3.02. The number of nitrogens with zero attached hydrogens (tertiary/aromatic N) is 1. The molecule has 122 valence electrons. The van der Waals surface area contributed by atoms with Crippen LogP contribution in [-0.2, 0) is 0 Å². The Labute approximate surface area is 138 Å². The van der Waals surface area contributed by atoms with Crippen LogP contribution in [0.1, 0.15) is 29.0 Å². The monoisotopic (exact) mass is 323 g/mol. The fraction of sp³-hybridized carbons (Fsp3) is 0.222. The second kappa shape index (κ2) is 5.88. The summed E-state index contributed by atoms with van der Waals surface area (Å²) in [4.78, 5) is 12.5. The second-order valence-corrected chi connectivity index (χ2v) is 5.72. The lowest BCUT2D eigenvalue weighted by Gasteiger charge is -2.21. The number of nitrogens with one attached hydrogen (secondary N) is 2. The number of rotatable bonds is 3. The minimum absolute atomic E-state index is 0.177. The summed E-state index contributed by atoms with van der Waals surface area (Å²) in [5.41, 5.74) is 2.19. The highest BCUT2D eigenvalue weighted by Crippen LogP contribution is 2.32. The zero-order chi connectivity index (χ0) is 16.5. The molecule has 2 heterocycles. The highest BCUT2D eigenvalue weighted by atomic mass is 16.6. The number of ether oxygens (including phenoxy) is 2. The normalized spacial score (nSPS) is 14.4. The molecule has 1 unspecified atom stereocenters. The number of fused-ring (bicyclic) bond motifs is 2. The maximum Gasteiger partial charge on any atom is 0.272 e. The summed E-state index contributed by atoms with van der Waals surface area (Å²) in [6.07, 6.45) is 0. The van der Waals surface area contributed by atoms with E-state index in [4.69, 9.17) is 9.47 Å². The van der Waals surface area contributed by atoms with Gasteiger partial charge in [0.1, 0.15) is 13.2 Å². The van der Waals surface area contributed by atoms with Crippen molar-refractivity contribution in [2.75, 3.05) is 13.2 Å². The lowest BCUT2D eigenvalue weighted by molar-refractivity contribution is 0.0936. The molecule has 3 aromatic rings. The van der Waals surface area contributed by atoms with E-state index in [2.05, 4.69) is 15.5 Å². The van der Waals surface area contributed by atoms with Crippen molar-refractivity contribution in [3.05, 3.63) is 53.7 Å². The molecule has 4 rings (SSSR count). The van der Waals surface area contributed by atoms with Gasteiger partial charge >= 0.3 is 0 Å². The lowest BCUT2D eigenvalue weighted by atomic mass is 10.1. The third-order valence-electron chi connectivity index (χ3n) is 4.10. The molecule has 0 bridgehead atoms. The largest absolute Gasteiger partial charge is 0.486 e. The van der Waals surface area contributed by atoms with Gasteiger partial charge in [0.2, 0.25) is 0 Å². The first-order valence-electron chi connectivity index (χ1n) is 7.86. The fourth-order valence-electron chi connectivity index (χ4n) is 2.81. The molecule has 1 atom stereocenters. The van der Waals surface area contributed by atoms with Crippen LogP contribution in [0.5, 0.6) is 11.5 Å². The first kappa shape index (κ1) is 14.6. The van der Waals surface area contributed by atoms with Gasteiger partial charge in [-0.25, -0.2) is 0 Å². The molecule has 0 spiro atoms. The molecule has 1 aliphatic rings. The Morgan fingerprint density at radius 1 is 1.17 bits per heavy atom. The third kappa shape index (κ3) is 2.56. The minimum atomic E-state index is -0.213. The van der Waals surface area contributed by atoms with E-state index >= 15 is 0 Å². The quantitative estimate of drug-likeness (QED) is 0.777. The Bertz CT molecular complexity index is 903. The van der Waals surface area contributed by atoms with E-state index in [-0.39, 0.29) is 11.9 Å². The van der Waals surface area contributed by atoms with E-state index in [0.29, 0.717) is 24.7 Å². The van der Waals surface area contributed by atoms with Gasteiger partial charge in [-0.2, -0.15) is 5.10 Å². The fourth-order valence-corrected chi connectivity index (χ4v) is 2.81. The molecule has 0 saturated carbocycles. The summed E-state index contributed by atoms with van der Waals surface area (Å²) in [5, 5.41) is 10.8. The smallest absolute Gasteiger partial charge is 0.272 e. The van der Waals surface area contributed by atoms with Crippen molar-refractivity contribution in [2.45, 2.75) is 13.0 Å². The van der Waals surface area contributed by atoms with Gasteiger partial charge in [-0.05, 0) is 30.7 Å². The molecule has 1 aliphatic heterocycles. The Balaban J connectivity index is 1.55. The maximum atomic E-state index is 12.5. The Morgan fingerprint density at radius 2 is 1.96 bits per heavy atom. The zero-order valence-electron chi connectivity index (χ0n) is 13.2. The molecule has 0 aliphatic carbocycles. The summed E-state index contributed by atoms with van der Waals surface area (Å²) < 4.78 is 11.1. The Kier molecular flexibility index (Phi) is 3.57. The summed E-state index contributed by atoms with van der Waals surface area (Å²) >= 11 is 0. The van der Waals surface area contributed by atoms with E-state index in [1.54, 1.807) is 0 Å². The van der Waals surface area contributed by atoms with Gasteiger partial charge in [0, 0.05) is 5.39 Å². The van der Waals surface area contributed by atoms with Crippen LogP contribution in [0.15, 0.2) is 42.5 Å². The van der Waals surface area contributed by atoms with Gasteiger partial charge < -0.3 is 14.8 Å². The van der Waals surface area contributed by atoms with Crippen molar-refractivity contribution in [2.24, 2.45) is 0 Å². The van der Waals surface area contributed by atoms with Gasteiger partial charge in [-0.15, -0.1) is 0 Å². The van der Waals surface area contributed by atoms with Crippen LogP contribution in [-0.4, -0.2) is 29.3 Å². The van der Waals surface area contributed by atoms with Crippen molar-refractivity contribution in [1.82, 2.24) is 15.5 Å². The molecular formula is C18H17N3O3. The molecule has 0 radical (unpaired) electrons. The standard InChI is InChI=1S/C18H17N3O3/c1-11(12-6-7-15-16(10-12)24-9-8-23-15)19-18(22)17-13-4-2-3-5-14(13)20-21-17/h2-7,10-11H,8-9H2,1H3,(H,19,22)(H,20,21). The predicted molar refractivity (Wildman–Crippen MR) is 89.4 cm³/mol. The topological polar surface area (TPSA) is 76.2 Å². The second-order valence-electron chi connectivity index (χ2n) is 5.72.